The van der Waals surface area contributed by atoms with Gasteiger partial charge in [0.2, 0.25) is 5.91 Å². The summed E-state index contributed by atoms with van der Waals surface area (Å²) in [5, 5.41) is 3.19. The molecule has 1 aliphatic rings. The van der Waals surface area contributed by atoms with Gasteiger partial charge in [-0.15, -0.1) is 0 Å². The smallest absolute Gasteiger partial charge is 0.220 e. The van der Waals surface area contributed by atoms with Crippen molar-refractivity contribution >= 4 is 5.91 Å². The van der Waals surface area contributed by atoms with Crippen molar-refractivity contribution in [2.24, 2.45) is 11.7 Å². The van der Waals surface area contributed by atoms with Gasteiger partial charge < -0.3 is 11.1 Å². The van der Waals surface area contributed by atoms with Crippen LogP contribution in [0.4, 0.5) is 0 Å². The quantitative estimate of drug-likeness (QED) is 0.814. The molecule has 1 aromatic carbocycles. The topological polar surface area (TPSA) is 55.1 Å². The molecular weight excluding hydrogens is 260 g/mol. The van der Waals surface area contributed by atoms with Gasteiger partial charge in [-0.05, 0) is 37.2 Å². The highest BCUT2D eigenvalue weighted by molar-refractivity contribution is 5.76. The van der Waals surface area contributed by atoms with Crippen LogP contribution in [0.2, 0.25) is 0 Å². The molecule has 0 radical (unpaired) electrons. The second kappa shape index (κ2) is 8.18. The second-order valence-corrected chi connectivity index (χ2v) is 6.43. The van der Waals surface area contributed by atoms with Crippen LogP contribution in [-0.4, -0.2) is 11.9 Å². The molecule has 1 saturated carbocycles. The van der Waals surface area contributed by atoms with Crippen molar-refractivity contribution in [3.63, 3.8) is 0 Å². The molecule has 3 atom stereocenters. The molecule has 2 rings (SSSR count). The number of rotatable bonds is 5. The zero-order valence-corrected chi connectivity index (χ0v) is 13.1. The Morgan fingerprint density at radius 1 is 1.24 bits per heavy atom. The first-order valence-corrected chi connectivity index (χ1v) is 8.25. The third-order valence-electron chi connectivity index (χ3n) is 4.53. The molecule has 116 valence electrons. The number of hydrogen-bond donors (Lipinski definition) is 2. The molecular formula is C18H28N2O. The van der Waals surface area contributed by atoms with Gasteiger partial charge in [0.25, 0.3) is 0 Å². The van der Waals surface area contributed by atoms with Crippen LogP contribution in [0.25, 0.3) is 0 Å². The maximum atomic E-state index is 12.1. The van der Waals surface area contributed by atoms with E-state index in [1.165, 1.54) is 19.3 Å². The van der Waals surface area contributed by atoms with E-state index in [-0.39, 0.29) is 11.9 Å². The summed E-state index contributed by atoms with van der Waals surface area (Å²) < 4.78 is 0. The van der Waals surface area contributed by atoms with E-state index in [9.17, 15) is 4.79 Å². The third-order valence-corrected chi connectivity index (χ3v) is 4.53. The number of nitrogens with two attached hydrogens (primary N) is 1. The van der Waals surface area contributed by atoms with E-state index in [2.05, 4.69) is 12.2 Å². The summed E-state index contributed by atoms with van der Waals surface area (Å²) in [6.07, 6.45) is 7.23. The lowest BCUT2D eigenvalue weighted by molar-refractivity contribution is -0.122. The van der Waals surface area contributed by atoms with E-state index in [1.807, 2.05) is 30.3 Å². The molecule has 3 N–H and O–H groups in total. The van der Waals surface area contributed by atoms with E-state index in [4.69, 9.17) is 5.73 Å². The van der Waals surface area contributed by atoms with Crippen LogP contribution in [0, 0.1) is 5.92 Å². The number of carbonyl (C=O) groups is 1. The van der Waals surface area contributed by atoms with Gasteiger partial charge in [-0.1, -0.05) is 50.1 Å². The SMILES string of the molecule is CC1CCCC(NC(=O)CCC(N)c2ccccc2)CC1. The molecule has 3 unspecified atom stereocenters. The number of hydrogen-bond acceptors (Lipinski definition) is 2. The molecule has 0 spiro atoms. The van der Waals surface area contributed by atoms with Gasteiger partial charge in [-0.3, -0.25) is 4.79 Å². The lowest BCUT2D eigenvalue weighted by Gasteiger charge is -2.17. The van der Waals surface area contributed by atoms with Crippen LogP contribution in [0.5, 0.6) is 0 Å². The molecule has 1 aliphatic carbocycles. The van der Waals surface area contributed by atoms with Gasteiger partial charge in [0.1, 0.15) is 0 Å². The molecule has 0 heterocycles. The van der Waals surface area contributed by atoms with Crippen molar-refractivity contribution in [3.05, 3.63) is 35.9 Å². The average Bonchev–Trinajstić information content (AvgIpc) is 2.70. The summed E-state index contributed by atoms with van der Waals surface area (Å²) in [6.45, 7) is 2.31. The summed E-state index contributed by atoms with van der Waals surface area (Å²) in [5.41, 5.74) is 7.24. The molecule has 21 heavy (non-hydrogen) atoms. The van der Waals surface area contributed by atoms with Crippen LogP contribution < -0.4 is 11.1 Å². The highest BCUT2D eigenvalue weighted by atomic mass is 16.1. The van der Waals surface area contributed by atoms with Gasteiger partial charge in [0, 0.05) is 18.5 Å². The van der Waals surface area contributed by atoms with E-state index in [0.29, 0.717) is 18.9 Å². The molecule has 1 fully saturated rings. The first-order chi connectivity index (χ1) is 10.1. The van der Waals surface area contributed by atoms with Crippen LogP contribution in [0.15, 0.2) is 30.3 Å². The summed E-state index contributed by atoms with van der Waals surface area (Å²) in [6, 6.07) is 10.3. The summed E-state index contributed by atoms with van der Waals surface area (Å²) >= 11 is 0. The summed E-state index contributed by atoms with van der Waals surface area (Å²) in [4.78, 5) is 12.1. The average molecular weight is 288 g/mol. The van der Waals surface area contributed by atoms with Gasteiger partial charge >= 0.3 is 0 Å². The van der Waals surface area contributed by atoms with Crippen molar-refractivity contribution in [2.75, 3.05) is 0 Å². The van der Waals surface area contributed by atoms with E-state index in [1.54, 1.807) is 0 Å². The van der Waals surface area contributed by atoms with Crippen molar-refractivity contribution in [1.82, 2.24) is 5.32 Å². The standard InChI is InChI=1S/C18H28N2O/c1-14-6-5-9-16(11-10-14)20-18(21)13-12-17(19)15-7-3-2-4-8-15/h2-4,7-8,14,16-17H,5-6,9-13,19H2,1H3,(H,20,21). The Morgan fingerprint density at radius 2 is 2.00 bits per heavy atom. The largest absolute Gasteiger partial charge is 0.353 e. The van der Waals surface area contributed by atoms with Gasteiger partial charge in [0.15, 0.2) is 0 Å². The first kappa shape index (κ1) is 16.0. The van der Waals surface area contributed by atoms with Gasteiger partial charge in [-0.2, -0.15) is 0 Å². The maximum absolute atomic E-state index is 12.1. The van der Waals surface area contributed by atoms with Crippen molar-refractivity contribution in [2.45, 2.75) is 64.0 Å². The van der Waals surface area contributed by atoms with Crippen LogP contribution in [0.1, 0.15) is 63.5 Å². The molecule has 0 bridgehead atoms. The van der Waals surface area contributed by atoms with Gasteiger partial charge in [-0.25, -0.2) is 0 Å². The Labute approximate surface area is 128 Å². The Kier molecular flexibility index (Phi) is 6.24. The zero-order chi connectivity index (χ0) is 15.1. The molecule has 3 nitrogen and oxygen atoms in total. The van der Waals surface area contributed by atoms with Crippen molar-refractivity contribution < 1.29 is 4.79 Å². The minimum absolute atomic E-state index is 0.0499. The summed E-state index contributed by atoms with van der Waals surface area (Å²) in [7, 11) is 0. The Morgan fingerprint density at radius 3 is 2.76 bits per heavy atom. The number of amides is 1. The number of carbonyl (C=O) groups excluding carboxylic acids is 1. The van der Waals surface area contributed by atoms with Crippen LogP contribution in [0.3, 0.4) is 0 Å². The Hall–Kier alpha value is -1.35. The monoisotopic (exact) mass is 288 g/mol. The third kappa shape index (κ3) is 5.50. The molecule has 0 aliphatic heterocycles. The highest BCUT2D eigenvalue weighted by Gasteiger charge is 2.18. The fraction of sp³-hybridized carbons (Fsp3) is 0.611. The molecule has 0 saturated heterocycles. The van der Waals surface area contributed by atoms with Gasteiger partial charge in [0.05, 0.1) is 0 Å². The van der Waals surface area contributed by atoms with Crippen LogP contribution >= 0.6 is 0 Å². The maximum Gasteiger partial charge on any atom is 0.220 e. The lowest BCUT2D eigenvalue weighted by atomic mass is 10.0. The molecule has 1 amide bonds. The highest BCUT2D eigenvalue weighted by Crippen LogP contribution is 2.23. The first-order valence-electron chi connectivity index (χ1n) is 8.25. The van der Waals surface area contributed by atoms with E-state index < -0.39 is 0 Å². The molecule has 3 heteroatoms. The Balaban J connectivity index is 1.72. The fourth-order valence-corrected chi connectivity index (χ4v) is 3.08. The van der Waals surface area contributed by atoms with Crippen LogP contribution in [-0.2, 0) is 4.79 Å². The Bertz CT molecular complexity index is 432. The zero-order valence-electron chi connectivity index (χ0n) is 13.1. The van der Waals surface area contributed by atoms with E-state index >= 15 is 0 Å². The predicted octanol–water partition coefficient (Wildman–Crippen LogP) is 3.55. The predicted molar refractivity (Wildman–Crippen MR) is 86.8 cm³/mol. The van der Waals surface area contributed by atoms with Crippen molar-refractivity contribution in [3.8, 4) is 0 Å². The second-order valence-electron chi connectivity index (χ2n) is 6.43. The number of nitrogens with one attached hydrogen (secondary N) is 1. The minimum Gasteiger partial charge on any atom is -0.353 e. The molecule has 1 aromatic rings. The van der Waals surface area contributed by atoms with Crippen molar-refractivity contribution in [1.29, 1.82) is 0 Å². The molecule has 0 aromatic heterocycles. The normalized spacial score (nSPS) is 24.1. The number of benzene rings is 1. The summed E-state index contributed by atoms with van der Waals surface area (Å²) in [5.74, 6) is 0.958. The minimum atomic E-state index is -0.0499. The lowest BCUT2D eigenvalue weighted by Crippen LogP contribution is -2.34. The van der Waals surface area contributed by atoms with E-state index in [0.717, 1.165) is 24.3 Å². The fourth-order valence-electron chi connectivity index (χ4n) is 3.08.